The maximum atomic E-state index is 12.0. The van der Waals surface area contributed by atoms with Crippen molar-refractivity contribution >= 4 is 29.1 Å². The molecule has 3 heterocycles. The number of ether oxygens (including phenoxy) is 3. The number of fused-ring (bicyclic) bond motifs is 1. The number of esters is 2. The second kappa shape index (κ2) is 9.03. The maximum absolute atomic E-state index is 12.0. The predicted octanol–water partition coefficient (Wildman–Crippen LogP) is 1.04. The molecule has 0 amide bonds. The van der Waals surface area contributed by atoms with Crippen molar-refractivity contribution in [3.8, 4) is 0 Å². The van der Waals surface area contributed by atoms with Gasteiger partial charge in [0, 0.05) is 19.3 Å². The van der Waals surface area contributed by atoms with Crippen molar-refractivity contribution in [1.29, 1.82) is 0 Å². The summed E-state index contributed by atoms with van der Waals surface area (Å²) in [5.74, 6) is -0.730. The number of H-pyrrole nitrogens is 1. The number of carbonyl (C=O) groups is 2. The monoisotopic (exact) mass is 407 g/mol. The van der Waals surface area contributed by atoms with Gasteiger partial charge in [0.05, 0.1) is 6.33 Å². The zero-order valence-electron chi connectivity index (χ0n) is 16.4. The first-order valence-corrected chi connectivity index (χ1v) is 9.65. The molecule has 158 valence electrons. The van der Waals surface area contributed by atoms with Crippen LogP contribution in [0.25, 0.3) is 11.2 Å². The summed E-state index contributed by atoms with van der Waals surface area (Å²) in [5, 5.41) is 0. The molecule has 2 aromatic heterocycles. The number of hydrogen-bond acceptors (Lipinski definition) is 9. The number of nitrogens with zero attached hydrogens (tertiary/aromatic N) is 3. The molecule has 0 aliphatic carbocycles. The van der Waals surface area contributed by atoms with Crippen LogP contribution in [0.3, 0.4) is 0 Å². The van der Waals surface area contributed by atoms with E-state index in [2.05, 4.69) is 15.0 Å². The van der Waals surface area contributed by atoms with Gasteiger partial charge in [-0.3, -0.25) is 23.9 Å². The van der Waals surface area contributed by atoms with Crippen LogP contribution in [0.1, 0.15) is 52.2 Å². The number of carbonyl (C=O) groups excluding carboxylic acids is 2. The van der Waals surface area contributed by atoms with Crippen LogP contribution in [0.5, 0.6) is 0 Å². The Labute approximate surface area is 166 Å². The van der Waals surface area contributed by atoms with Gasteiger partial charge in [-0.25, -0.2) is 4.98 Å². The Morgan fingerprint density at radius 1 is 1.31 bits per heavy atom. The van der Waals surface area contributed by atoms with E-state index >= 15 is 0 Å². The van der Waals surface area contributed by atoms with Crippen LogP contribution in [0.15, 0.2) is 11.1 Å². The third kappa shape index (κ3) is 4.73. The molecule has 1 saturated heterocycles. The number of nitrogens with one attached hydrogen (secondary N) is 1. The molecule has 0 bridgehead atoms. The van der Waals surface area contributed by atoms with Crippen LogP contribution in [0.2, 0.25) is 0 Å². The molecule has 1 aliphatic rings. The van der Waals surface area contributed by atoms with E-state index in [1.165, 1.54) is 6.33 Å². The van der Waals surface area contributed by atoms with Gasteiger partial charge >= 0.3 is 11.9 Å². The Bertz CT molecular complexity index is 938. The highest BCUT2D eigenvalue weighted by Gasteiger charge is 2.40. The van der Waals surface area contributed by atoms with Crippen LogP contribution >= 0.6 is 0 Å². The molecular weight excluding hydrogens is 382 g/mol. The molecule has 0 unspecified atom stereocenters. The Balaban J connectivity index is 1.81. The molecule has 11 heteroatoms. The number of aromatic nitrogens is 4. The fourth-order valence-corrected chi connectivity index (χ4v) is 3.18. The zero-order valence-corrected chi connectivity index (χ0v) is 16.4. The summed E-state index contributed by atoms with van der Waals surface area (Å²) in [5.41, 5.74) is 5.57. The Hall–Kier alpha value is -2.95. The van der Waals surface area contributed by atoms with Crippen LogP contribution in [0.4, 0.5) is 5.95 Å². The van der Waals surface area contributed by atoms with Crippen molar-refractivity contribution in [2.75, 3.05) is 12.3 Å². The SMILES string of the molecule is CCCC(=O)OC[C@H]1O[C@@H](n2cnc3c(=O)[nH]c(N)nc32)C[C@@H]1OC(=O)CCC. The second-order valence-corrected chi connectivity index (χ2v) is 6.85. The Morgan fingerprint density at radius 3 is 2.76 bits per heavy atom. The summed E-state index contributed by atoms with van der Waals surface area (Å²) < 4.78 is 18.4. The molecule has 3 N–H and O–H groups in total. The standard InChI is InChI=1S/C18H25N5O6/c1-3-5-13(24)27-8-11-10(29-14(25)6-4-2)7-12(28-11)23-9-20-15-16(23)21-18(19)22-17(15)26/h9-12H,3-8H2,1-2H3,(H3,19,21,22,26)/t10-,11+,12+/m0/s1. The third-order valence-electron chi connectivity index (χ3n) is 4.54. The predicted molar refractivity (Wildman–Crippen MR) is 102 cm³/mol. The van der Waals surface area contributed by atoms with Gasteiger partial charge in [-0.15, -0.1) is 0 Å². The number of hydrogen-bond donors (Lipinski definition) is 2. The van der Waals surface area contributed by atoms with Gasteiger partial charge < -0.3 is 19.9 Å². The summed E-state index contributed by atoms with van der Waals surface area (Å²) >= 11 is 0. The van der Waals surface area contributed by atoms with E-state index in [9.17, 15) is 14.4 Å². The van der Waals surface area contributed by atoms with Gasteiger partial charge in [-0.1, -0.05) is 13.8 Å². The highest BCUT2D eigenvalue weighted by atomic mass is 16.6. The van der Waals surface area contributed by atoms with Gasteiger partial charge in [0.2, 0.25) is 5.95 Å². The number of aromatic amines is 1. The third-order valence-corrected chi connectivity index (χ3v) is 4.54. The van der Waals surface area contributed by atoms with E-state index < -0.39 is 24.0 Å². The molecule has 1 fully saturated rings. The number of nitrogen functional groups attached to an aromatic ring is 1. The van der Waals surface area contributed by atoms with E-state index in [0.717, 1.165) is 0 Å². The summed E-state index contributed by atoms with van der Waals surface area (Å²) in [6.45, 7) is 3.72. The van der Waals surface area contributed by atoms with Gasteiger partial charge in [0.15, 0.2) is 11.2 Å². The van der Waals surface area contributed by atoms with Gasteiger partial charge in [0.25, 0.3) is 5.56 Å². The van der Waals surface area contributed by atoms with Crippen molar-refractivity contribution < 1.29 is 23.8 Å². The molecule has 0 radical (unpaired) electrons. The number of anilines is 1. The largest absolute Gasteiger partial charge is 0.463 e. The van der Waals surface area contributed by atoms with Crippen LogP contribution in [0, 0.1) is 0 Å². The van der Waals surface area contributed by atoms with Crippen molar-refractivity contribution in [1.82, 2.24) is 19.5 Å². The number of imidazole rings is 1. The number of rotatable bonds is 8. The molecule has 11 nitrogen and oxygen atoms in total. The fraction of sp³-hybridized carbons (Fsp3) is 0.611. The topological polar surface area (TPSA) is 151 Å². The Kier molecular flexibility index (Phi) is 6.47. The maximum Gasteiger partial charge on any atom is 0.306 e. The Morgan fingerprint density at radius 2 is 2.03 bits per heavy atom. The van der Waals surface area contributed by atoms with Gasteiger partial charge in [-0.2, -0.15) is 4.98 Å². The van der Waals surface area contributed by atoms with Crippen LogP contribution in [-0.4, -0.2) is 50.3 Å². The molecule has 0 saturated carbocycles. The summed E-state index contributed by atoms with van der Waals surface area (Å²) in [6.07, 6.45) is 1.78. The van der Waals surface area contributed by atoms with Crippen molar-refractivity contribution in [2.45, 2.75) is 64.4 Å². The van der Waals surface area contributed by atoms with Crippen molar-refractivity contribution in [3.05, 3.63) is 16.7 Å². The highest BCUT2D eigenvalue weighted by Crippen LogP contribution is 2.33. The average Bonchev–Trinajstić information content (AvgIpc) is 3.24. The first kappa shape index (κ1) is 20.8. The molecule has 29 heavy (non-hydrogen) atoms. The van der Waals surface area contributed by atoms with E-state index in [1.54, 1.807) is 4.57 Å². The molecule has 2 aromatic rings. The van der Waals surface area contributed by atoms with Crippen LogP contribution in [-0.2, 0) is 23.8 Å². The minimum Gasteiger partial charge on any atom is -0.463 e. The zero-order chi connectivity index (χ0) is 21.0. The molecule has 1 aliphatic heterocycles. The van der Waals surface area contributed by atoms with Crippen LogP contribution < -0.4 is 11.3 Å². The minimum atomic E-state index is -0.640. The van der Waals surface area contributed by atoms with E-state index in [1.807, 2.05) is 13.8 Å². The van der Waals surface area contributed by atoms with Gasteiger partial charge in [-0.05, 0) is 12.8 Å². The normalized spacial score (nSPS) is 21.4. The molecule has 0 spiro atoms. The lowest BCUT2D eigenvalue weighted by Gasteiger charge is -2.18. The van der Waals surface area contributed by atoms with E-state index in [-0.39, 0.29) is 42.1 Å². The molecule has 3 rings (SSSR count). The summed E-state index contributed by atoms with van der Waals surface area (Å²) in [7, 11) is 0. The fourth-order valence-electron chi connectivity index (χ4n) is 3.18. The van der Waals surface area contributed by atoms with E-state index in [0.29, 0.717) is 25.7 Å². The lowest BCUT2D eigenvalue weighted by Crippen LogP contribution is -2.32. The second-order valence-electron chi connectivity index (χ2n) is 6.85. The number of nitrogens with two attached hydrogens (primary N) is 1. The molecule has 3 atom stereocenters. The summed E-state index contributed by atoms with van der Waals surface area (Å²) in [6, 6.07) is 0. The lowest BCUT2D eigenvalue weighted by molar-refractivity contribution is -0.158. The lowest BCUT2D eigenvalue weighted by atomic mass is 10.2. The quantitative estimate of drug-likeness (QED) is 0.611. The van der Waals surface area contributed by atoms with Gasteiger partial charge in [0.1, 0.15) is 25.0 Å². The first-order valence-electron chi connectivity index (χ1n) is 9.65. The molecule has 0 aromatic carbocycles. The summed E-state index contributed by atoms with van der Waals surface area (Å²) in [4.78, 5) is 46.3. The average molecular weight is 407 g/mol. The molecular formula is C18H25N5O6. The van der Waals surface area contributed by atoms with Crippen molar-refractivity contribution in [2.24, 2.45) is 0 Å². The minimum absolute atomic E-state index is 0.0395. The van der Waals surface area contributed by atoms with E-state index in [4.69, 9.17) is 19.9 Å². The van der Waals surface area contributed by atoms with Crippen molar-refractivity contribution in [3.63, 3.8) is 0 Å². The highest BCUT2D eigenvalue weighted by molar-refractivity contribution is 5.71. The smallest absolute Gasteiger partial charge is 0.306 e. The first-order chi connectivity index (χ1) is 13.9.